The summed E-state index contributed by atoms with van der Waals surface area (Å²) in [6.07, 6.45) is 3.14. The average molecular weight is 540 g/mol. The summed E-state index contributed by atoms with van der Waals surface area (Å²) in [4.78, 5) is 31.3. The van der Waals surface area contributed by atoms with E-state index < -0.39 is 21.9 Å². The van der Waals surface area contributed by atoms with E-state index in [-0.39, 0.29) is 29.8 Å². The van der Waals surface area contributed by atoms with Crippen LogP contribution < -0.4 is 4.80 Å². The molecule has 0 radical (unpaired) electrons. The molecule has 1 saturated heterocycles. The van der Waals surface area contributed by atoms with Crippen LogP contribution in [0.4, 0.5) is 0 Å². The van der Waals surface area contributed by atoms with Crippen LogP contribution >= 0.6 is 34.4 Å². The highest BCUT2D eigenvalue weighted by Crippen LogP contribution is 2.27. The number of aromatic nitrogens is 1. The van der Waals surface area contributed by atoms with E-state index in [4.69, 9.17) is 4.74 Å². The lowest BCUT2D eigenvalue weighted by Crippen LogP contribution is -2.42. The van der Waals surface area contributed by atoms with Crippen molar-refractivity contribution < 1.29 is 22.7 Å². The molecule has 12 heteroatoms. The third-order valence-corrected chi connectivity index (χ3v) is 10.5. The minimum Gasteiger partial charge on any atom is -0.465 e. The lowest BCUT2D eigenvalue weighted by Gasteiger charge is -2.29. The number of fused-ring (bicyclic) bond motifs is 1. The van der Waals surface area contributed by atoms with Gasteiger partial charge in [0.15, 0.2) is 4.80 Å². The van der Waals surface area contributed by atoms with Crippen molar-refractivity contribution >= 4 is 66.6 Å². The fourth-order valence-electron chi connectivity index (χ4n) is 3.84. The van der Waals surface area contributed by atoms with E-state index in [9.17, 15) is 18.0 Å². The Balaban J connectivity index is 1.65. The summed E-state index contributed by atoms with van der Waals surface area (Å²) in [6, 6.07) is 9.16. The number of hydrogen-bond donors (Lipinski definition) is 0. The van der Waals surface area contributed by atoms with E-state index in [0.717, 1.165) is 15.1 Å². The van der Waals surface area contributed by atoms with Crippen LogP contribution in [0.1, 0.15) is 19.8 Å². The molecule has 0 bridgehead atoms. The summed E-state index contributed by atoms with van der Waals surface area (Å²) in [5.41, 5.74) is 0.799. The van der Waals surface area contributed by atoms with Gasteiger partial charge in [-0.25, -0.2) is 8.42 Å². The molecular weight excluding hydrogens is 515 g/mol. The minimum atomic E-state index is -3.62. The fraction of sp³-hybridized carbons (Fsp3) is 0.409. The molecule has 1 unspecified atom stereocenters. The van der Waals surface area contributed by atoms with Gasteiger partial charge in [-0.15, -0.1) is 23.1 Å². The maximum Gasteiger partial charge on any atom is 0.326 e. The van der Waals surface area contributed by atoms with Crippen molar-refractivity contribution in [1.29, 1.82) is 0 Å². The summed E-state index contributed by atoms with van der Waals surface area (Å²) in [6.45, 7) is 2.43. The standard InChI is InChI=1S/C22H25N3O5S4/c1-3-30-19(26)14-25-17-9-8-16(31-2)12-18(17)33-22(25)23-21(27)15-6-4-10-24(13-15)34(28,29)20-7-5-11-32-20/h5,7-9,11-12,15H,3-4,6,10,13-14H2,1-2H3. The van der Waals surface area contributed by atoms with E-state index in [1.54, 1.807) is 40.8 Å². The fourth-order valence-corrected chi connectivity index (χ4v) is 8.10. The molecule has 1 aliphatic rings. The van der Waals surface area contributed by atoms with Crippen LogP contribution in [-0.2, 0) is 30.9 Å². The smallest absolute Gasteiger partial charge is 0.326 e. The van der Waals surface area contributed by atoms with E-state index in [1.165, 1.54) is 27.0 Å². The number of amides is 1. The lowest BCUT2D eigenvalue weighted by molar-refractivity contribution is -0.143. The first kappa shape index (κ1) is 25.1. The number of ether oxygens (including phenoxy) is 1. The van der Waals surface area contributed by atoms with E-state index in [1.807, 2.05) is 24.5 Å². The zero-order valence-electron chi connectivity index (χ0n) is 18.8. The second-order valence-corrected chi connectivity index (χ2v) is 12.7. The zero-order chi connectivity index (χ0) is 24.3. The first-order valence-corrected chi connectivity index (χ1v) is 15.1. The van der Waals surface area contributed by atoms with Gasteiger partial charge < -0.3 is 9.30 Å². The summed E-state index contributed by atoms with van der Waals surface area (Å²) in [5.74, 6) is -1.32. The van der Waals surface area contributed by atoms with E-state index in [2.05, 4.69) is 4.99 Å². The van der Waals surface area contributed by atoms with E-state index in [0.29, 0.717) is 24.2 Å². The predicted octanol–water partition coefficient (Wildman–Crippen LogP) is 3.58. The SMILES string of the molecule is CCOC(=O)Cn1c(=NC(=O)C2CCCN(S(=O)(=O)c3cccs3)C2)sc2cc(SC)ccc21. The molecule has 182 valence electrons. The topological polar surface area (TPSA) is 98.0 Å². The number of hydrogen-bond acceptors (Lipinski definition) is 8. The predicted molar refractivity (Wildman–Crippen MR) is 135 cm³/mol. The van der Waals surface area contributed by atoms with Crippen molar-refractivity contribution in [2.45, 2.75) is 35.4 Å². The van der Waals surface area contributed by atoms with Crippen LogP contribution in [0.15, 0.2) is 49.8 Å². The number of thiophene rings is 1. The molecule has 1 amide bonds. The second kappa shape index (κ2) is 10.7. The number of thiazole rings is 1. The molecule has 1 aromatic carbocycles. The number of esters is 1. The molecule has 8 nitrogen and oxygen atoms in total. The lowest BCUT2D eigenvalue weighted by atomic mass is 9.99. The van der Waals surface area contributed by atoms with Crippen molar-refractivity contribution in [1.82, 2.24) is 8.87 Å². The molecule has 3 heterocycles. The van der Waals surface area contributed by atoms with Gasteiger partial charge in [0.1, 0.15) is 10.8 Å². The molecule has 0 N–H and O–H groups in total. The van der Waals surface area contributed by atoms with Crippen molar-refractivity contribution in [3.63, 3.8) is 0 Å². The highest BCUT2D eigenvalue weighted by molar-refractivity contribution is 7.98. The van der Waals surface area contributed by atoms with E-state index >= 15 is 0 Å². The number of nitrogens with zero attached hydrogens (tertiary/aromatic N) is 3. The van der Waals surface area contributed by atoms with Gasteiger partial charge >= 0.3 is 5.97 Å². The largest absolute Gasteiger partial charge is 0.465 e. The summed E-state index contributed by atoms with van der Waals surface area (Å²) < 4.78 is 35.2. The van der Waals surface area contributed by atoms with Gasteiger partial charge in [-0.1, -0.05) is 17.4 Å². The van der Waals surface area contributed by atoms with Crippen molar-refractivity contribution in [3.8, 4) is 0 Å². The average Bonchev–Trinajstić information content (AvgIpc) is 3.48. The Morgan fingerprint density at radius 2 is 2.12 bits per heavy atom. The molecule has 1 aliphatic heterocycles. The van der Waals surface area contributed by atoms with Crippen LogP contribution in [-0.4, -0.2) is 55.1 Å². The third kappa shape index (κ3) is 5.30. The van der Waals surface area contributed by atoms with Gasteiger partial charge in [-0.3, -0.25) is 9.59 Å². The summed E-state index contributed by atoms with van der Waals surface area (Å²) in [7, 11) is -3.62. The Hall–Kier alpha value is -1.99. The molecular formula is C22H25N3O5S4. The molecule has 2 aromatic heterocycles. The molecule has 1 fully saturated rings. The Bertz CT molecular complexity index is 1360. The Morgan fingerprint density at radius 3 is 2.82 bits per heavy atom. The molecule has 0 spiro atoms. The van der Waals surface area contributed by atoms with Gasteiger partial charge in [0.05, 0.1) is 22.7 Å². The molecule has 0 saturated carbocycles. The number of rotatable bonds is 7. The quantitative estimate of drug-likeness (QED) is 0.336. The maximum absolute atomic E-state index is 13.2. The summed E-state index contributed by atoms with van der Waals surface area (Å²) >= 11 is 4.11. The molecule has 3 aromatic rings. The van der Waals surface area contributed by atoms with Gasteiger partial charge in [0, 0.05) is 18.0 Å². The highest BCUT2D eigenvalue weighted by Gasteiger charge is 2.33. The van der Waals surface area contributed by atoms with Crippen molar-refractivity contribution in [3.05, 3.63) is 40.5 Å². The first-order valence-electron chi connectivity index (χ1n) is 10.8. The van der Waals surface area contributed by atoms with Crippen molar-refractivity contribution in [2.24, 2.45) is 10.9 Å². The number of sulfonamides is 1. The normalized spacial score (nSPS) is 17.8. The highest BCUT2D eigenvalue weighted by atomic mass is 32.2. The van der Waals surface area contributed by atoms with Crippen LogP contribution in [0.5, 0.6) is 0 Å². The first-order chi connectivity index (χ1) is 16.3. The number of benzene rings is 1. The molecule has 34 heavy (non-hydrogen) atoms. The number of piperidine rings is 1. The van der Waals surface area contributed by atoms with Crippen LogP contribution in [0.3, 0.4) is 0 Å². The van der Waals surface area contributed by atoms with Gasteiger partial charge in [0.2, 0.25) is 0 Å². The molecule has 0 aliphatic carbocycles. The maximum atomic E-state index is 13.2. The van der Waals surface area contributed by atoms with Gasteiger partial charge in [-0.05, 0) is 55.7 Å². The Kier molecular flexibility index (Phi) is 7.93. The minimum absolute atomic E-state index is 0.0535. The van der Waals surface area contributed by atoms with Crippen LogP contribution in [0.2, 0.25) is 0 Å². The van der Waals surface area contributed by atoms with Crippen molar-refractivity contribution in [2.75, 3.05) is 26.0 Å². The van der Waals surface area contributed by atoms with Crippen LogP contribution in [0, 0.1) is 5.92 Å². The third-order valence-electron chi connectivity index (χ3n) is 5.51. The second-order valence-electron chi connectivity index (χ2n) is 7.69. The monoisotopic (exact) mass is 539 g/mol. The number of thioether (sulfide) groups is 1. The van der Waals surface area contributed by atoms with Crippen LogP contribution in [0.25, 0.3) is 10.2 Å². The number of carbonyl (C=O) groups excluding carboxylic acids is 2. The Labute approximate surface area is 210 Å². The molecule has 4 rings (SSSR count). The molecule has 1 atom stereocenters. The number of carbonyl (C=O) groups is 2. The summed E-state index contributed by atoms with van der Waals surface area (Å²) in [5, 5.41) is 1.72. The van der Waals surface area contributed by atoms with Gasteiger partial charge in [0.25, 0.3) is 15.9 Å². The van der Waals surface area contributed by atoms with Gasteiger partial charge in [-0.2, -0.15) is 9.30 Å². The Morgan fingerprint density at radius 1 is 1.29 bits per heavy atom. The zero-order valence-corrected chi connectivity index (χ0v) is 22.1.